The second-order valence-corrected chi connectivity index (χ2v) is 6.85. The van der Waals surface area contributed by atoms with E-state index in [-0.39, 0.29) is 6.09 Å². The summed E-state index contributed by atoms with van der Waals surface area (Å²) in [6.07, 6.45) is 0.741. The lowest BCUT2D eigenvalue weighted by Gasteiger charge is -2.30. The molecule has 2 aliphatic rings. The molecule has 1 aromatic heterocycles. The third-order valence-electron chi connectivity index (χ3n) is 3.73. The van der Waals surface area contributed by atoms with E-state index in [0.717, 1.165) is 31.1 Å². The van der Waals surface area contributed by atoms with Crippen LogP contribution in [-0.2, 0) is 22.6 Å². The van der Waals surface area contributed by atoms with Crippen molar-refractivity contribution in [1.29, 1.82) is 0 Å². The zero-order valence-electron chi connectivity index (χ0n) is 13.5. The first-order chi connectivity index (χ1) is 10.4. The largest absolute Gasteiger partial charge is 0.444 e. The first-order valence-electron chi connectivity index (χ1n) is 7.80. The van der Waals surface area contributed by atoms with Gasteiger partial charge in [0.15, 0.2) is 0 Å². The fourth-order valence-corrected chi connectivity index (χ4v) is 2.68. The van der Waals surface area contributed by atoms with E-state index < -0.39 is 5.60 Å². The van der Waals surface area contributed by atoms with Gasteiger partial charge in [0.05, 0.1) is 31.4 Å². The van der Waals surface area contributed by atoms with Crippen LogP contribution in [0.4, 0.5) is 10.6 Å². The summed E-state index contributed by atoms with van der Waals surface area (Å²) in [4.78, 5) is 13.9. The maximum absolute atomic E-state index is 12.2. The van der Waals surface area contributed by atoms with Crippen molar-refractivity contribution in [2.45, 2.75) is 51.9 Å². The Hall–Kier alpha value is -1.76. The van der Waals surface area contributed by atoms with Gasteiger partial charge >= 0.3 is 6.09 Å². The summed E-state index contributed by atoms with van der Waals surface area (Å²) >= 11 is 0. The molecule has 1 atom stereocenters. The first kappa shape index (κ1) is 15.1. The molecule has 1 saturated heterocycles. The summed E-state index contributed by atoms with van der Waals surface area (Å²) < 4.78 is 12.7. The predicted molar refractivity (Wildman–Crippen MR) is 81.7 cm³/mol. The van der Waals surface area contributed by atoms with E-state index >= 15 is 0 Å². The van der Waals surface area contributed by atoms with Crippen molar-refractivity contribution in [3.8, 4) is 0 Å². The Morgan fingerprint density at radius 2 is 2.27 bits per heavy atom. The molecule has 7 heteroatoms. The Labute approximate surface area is 130 Å². The second kappa shape index (κ2) is 5.79. The van der Waals surface area contributed by atoms with Gasteiger partial charge in [-0.15, -0.1) is 0 Å². The van der Waals surface area contributed by atoms with Gasteiger partial charge in [-0.25, -0.2) is 4.79 Å². The Bertz CT molecular complexity index is 543. The second-order valence-electron chi connectivity index (χ2n) is 6.85. The van der Waals surface area contributed by atoms with E-state index in [1.165, 1.54) is 0 Å². The molecule has 7 nitrogen and oxygen atoms in total. The molecule has 0 spiro atoms. The zero-order valence-corrected chi connectivity index (χ0v) is 13.5. The quantitative estimate of drug-likeness (QED) is 0.903. The standard InChI is InChI=1S/C15H24N4O3/c1-15(2,3)22-14(20)18-5-6-19-12(9-18)8-13(17-19)16-11-4-7-21-10-11/h8,11H,4-7,9-10H2,1-3H3,(H,16,17). The highest BCUT2D eigenvalue weighted by atomic mass is 16.6. The molecule has 122 valence electrons. The van der Waals surface area contributed by atoms with Crippen molar-refractivity contribution in [3.63, 3.8) is 0 Å². The van der Waals surface area contributed by atoms with Crippen LogP contribution in [-0.4, -0.2) is 52.2 Å². The molecule has 0 aliphatic carbocycles. The molecule has 3 heterocycles. The summed E-state index contributed by atoms with van der Waals surface area (Å²) in [5.74, 6) is 0.858. The monoisotopic (exact) mass is 308 g/mol. The van der Waals surface area contributed by atoms with Crippen molar-refractivity contribution in [2.24, 2.45) is 0 Å². The third-order valence-corrected chi connectivity index (χ3v) is 3.73. The van der Waals surface area contributed by atoms with Gasteiger partial charge in [-0.05, 0) is 27.2 Å². The van der Waals surface area contributed by atoms with Crippen LogP contribution in [0.25, 0.3) is 0 Å². The minimum absolute atomic E-state index is 0.265. The molecule has 1 unspecified atom stereocenters. The number of fused-ring (bicyclic) bond motifs is 1. The average Bonchev–Trinajstić information content (AvgIpc) is 3.04. The van der Waals surface area contributed by atoms with Crippen molar-refractivity contribution in [2.75, 3.05) is 25.1 Å². The van der Waals surface area contributed by atoms with E-state index in [2.05, 4.69) is 10.4 Å². The minimum Gasteiger partial charge on any atom is -0.444 e. The fourth-order valence-electron chi connectivity index (χ4n) is 2.68. The van der Waals surface area contributed by atoms with Crippen molar-refractivity contribution in [3.05, 3.63) is 11.8 Å². The average molecular weight is 308 g/mol. The van der Waals surface area contributed by atoms with Crippen molar-refractivity contribution >= 4 is 11.9 Å². The summed E-state index contributed by atoms with van der Waals surface area (Å²) in [7, 11) is 0. The Kier molecular flexibility index (Phi) is 3.99. The summed E-state index contributed by atoms with van der Waals surface area (Å²) in [5.41, 5.74) is 0.558. The zero-order chi connectivity index (χ0) is 15.7. The predicted octanol–water partition coefficient (Wildman–Crippen LogP) is 1.83. The number of rotatable bonds is 2. The number of amides is 1. The van der Waals surface area contributed by atoms with Gasteiger partial charge in [0.1, 0.15) is 11.4 Å². The highest BCUT2D eigenvalue weighted by Gasteiger charge is 2.27. The fraction of sp³-hybridized carbons (Fsp3) is 0.733. The molecule has 1 aromatic rings. The number of carbonyl (C=O) groups is 1. The van der Waals surface area contributed by atoms with Crippen LogP contribution in [0.15, 0.2) is 6.07 Å². The summed E-state index contributed by atoms with van der Waals surface area (Å²) in [6, 6.07) is 2.34. The molecule has 0 bridgehead atoms. The number of carbonyl (C=O) groups excluding carboxylic acids is 1. The highest BCUT2D eigenvalue weighted by molar-refractivity contribution is 5.68. The lowest BCUT2D eigenvalue weighted by Crippen LogP contribution is -2.41. The molecular weight excluding hydrogens is 284 g/mol. The third kappa shape index (κ3) is 3.52. The van der Waals surface area contributed by atoms with E-state index in [0.29, 0.717) is 25.7 Å². The van der Waals surface area contributed by atoms with Crippen LogP contribution < -0.4 is 5.32 Å². The van der Waals surface area contributed by atoms with Crippen molar-refractivity contribution in [1.82, 2.24) is 14.7 Å². The van der Waals surface area contributed by atoms with Gasteiger partial charge in [-0.1, -0.05) is 0 Å². The number of anilines is 1. The van der Waals surface area contributed by atoms with Crippen LogP contribution in [0.5, 0.6) is 0 Å². The van der Waals surface area contributed by atoms with Gasteiger partial charge in [-0.3, -0.25) is 4.68 Å². The minimum atomic E-state index is -0.468. The lowest BCUT2D eigenvalue weighted by molar-refractivity contribution is 0.0194. The molecule has 22 heavy (non-hydrogen) atoms. The molecule has 2 aliphatic heterocycles. The SMILES string of the molecule is CC(C)(C)OC(=O)N1CCn2nc(NC3CCOC3)cc2C1. The van der Waals surface area contributed by atoms with Crippen LogP contribution in [0.3, 0.4) is 0 Å². The van der Waals surface area contributed by atoms with Crippen LogP contribution >= 0.6 is 0 Å². The topological polar surface area (TPSA) is 68.6 Å². The number of hydrogen-bond donors (Lipinski definition) is 1. The van der Waals surface area contributed by atoms with Gasteiger partial charge in [0.25, 0.3) is 0 Å². The molecule has 0 aromatic carbocycles. The highest BCUT2D eigenvalue weighted by Crippen LogP contribution is 2.20. The molecule has 0 saturated carbocycles. The maximum atomic E-state index is 12.2. The summed E-state index contributed by atoms with van der Waals surface area (Å²) in [6.45, 7) is 9.02. The number of aromatic nitrogens is 2. The molecule has 3 rings (SSSR count). The number of ether oxygens (including phenoxy) is 2. The van der Waals surface area contributed by atoms with Crippen LogP contribution in [0.2, 0.25) is 0 Å². The summed E-state index contributed by atoms with van der Waals surface area (Å²) in [5, 5.41) is 7.94. The molecule has 1 N–H and O–H groups in total. The molecule has 0 radical (unpaired) electrons. The number of hydrogen-bond acceptors (Lipinski definition) is 5. The van der Waals surface area contributed by atoms with Gasteiger partial charge in [0, 0.05) is 19.2 Å². The van der Waals surface area contributed by atoms with Gasteiger partial charge in [-0.2, -0.15) is 5.10 Å². The van der Waals surface area contributed by atoms with Crippen LogP contribution in [0, 0.1) is 0 Å². The van der Waals surface area contributed by atoms with Crippen molar-refractivity contribution < 1.29 is 14.3 Å². The molecule has 1 fully saturated rings. The normalized spacial score (nSPS) is 21.6. The Balaban J connectivity index is 1.62. The van der Waals surface area contributed by atoms with E-state index in [4.69, 9.17) is 9.47 Å². The van der Waals surface area contributed by atoms with E-state index in [9.17, 15) is 4.79 Å². The van der Waals surface area contributed by atoms with E-state index in [1.54, 1.807) is 4.90 Å². The lowest BCUT2D eigenvalue weighted by atomic mass is 10.2. The number of nitrogens with zero attached hydrogens (tertiary/aromatic N) is 3. The first-order valence-corrected chi connectivity index (χ1v) is 7.80. The molecular formula is C15H24N4O3. The van der Waals surface area contributed by atoms with Crippen LogP contribution in [0.1, 0.15) is 32.9 Å². The van der Waals surface area contributed by atoms with E-state index in [1.807, 2.05) is 31.5 Å². The Morgan fingerprint density at radius 3 is 2.95 bits per heavy atom. The smallest absolute Gasteiger partial charge is 0.410 e. The van der Waals surface area contributed by atoms with Gasteiger partial charge in [0.2, 0.25) is 0 Å². The Morgan fingerprint density at radius 1 is 1.45 bits per heavy atom. The molecule has 1 amide bonds. The maximum Gasteiger partial charge on any atom is 0.410 e. The number of nitrogens with one attached hydrogen (secondary N) is 1. The van der Waals surface area contributed by atoms with Gasteiger partial charge < -0.3 is 19.7 Å².